The topological polar surface area (TPSA) is 59.2 Å². The monoisotopic (exact) mass is 234 g/mol. The molecule has 1 aromatic heterocycles. The summed E-state index contributed by atoms with van der Waals surface area (Å²) in [6, 6.07) is 6.85. The number of nitrogens with zero attached hydrogens (tertiary/aromatic N) is 2. The molecule has 5 heteroatoms. The van der Waals surface area contributed by atoms with Crippen molar-refractivity contribution in [2.75, 3.05) is 5.75 Å². The van der Waals surface area contributed by atoms with E-state index in [4.69, 9.17) is 4.42 Å². The number of hydrogen-bond acceptors (Lipinski definition) is 5. The van der Waals surface area contributed by atoms with Crippen molar-refractivity contribution in [2.24, 2.45) is 0 Å². The highest BCUT2D eigenvalue weighted by Crippen LogP contribution is 2.29. The molecule has 16 heavy (non-hydrogen) atoms. The SMILES string of the molecule is C=CCSc1nnc(-c2ccccc2O)o1. The molecule has 0 atom stereocenters. The van der Waals surface area contributed by atoms with E-state index in [1.807, 2.05) is 0 Å². The van der Waals surface area contributed by atoms with Crippen molar-refractivity contribution in [2.45, 2.75) is 5.22 Å². The van der Waals surface area contributed by atoms with Crippen LogP contribution in [0, 0.1) is 0 Å². The van der Waals surface area contributed by atoms with Crippen LogP contribution in [0.1, 0.15) is 0 Å². The zero-order valence-electron chi connectivity index (χ0n) is 8.46. The maximum atomic E-state index is 9.60. The first-order chi connectivity index (χ1) is 7.81. The summed E-state index contributed by atoms with van der Waals surface area (Å²) < 4.78 is 5.39. The zero-order valence-corrected chi connectivity index (χ0v) is 9.28. The van der Waals surface area contributed by atoms with Gasteiger partial charge in [-0.05, 0) is 12.1 Å². The van der Waals surface area contributed by atoms with Crippen LogP contribution in [-0.4, -0.2) is 21.1 Å². The fourth-order valence-corrected chi connectivity index (χ4v) is 1.66. The molecule has 0 aliphatic rings. The lowest BCUT2D eigenvalue weighted by Gasteiger charge is -1.97. The summed E-state index contributed by atoms with van der Waals surface area (Å²) in [5, 5.41) is 17.8. The highest BCUT2D eigenvalue weighted by molar-refractivity contribution is 7.99. The van der Waals surface area contributed by atoms with Gasteiger partial charge in [0.1, 0.15) is 5.75 Å². The van der Waals surface area contributed by atoms with Crippen molar-refractivity contribution in [1.82, 2.24) is 10.2 Å². The second kappa shape index (κ2) is 4.85. The third-order valence-electron chi connectivity index (χ3n) is 1.87. The van der Waals surface area contributed by atoms with Crippen molar-refractivity contribution in [3.8, 4) is 17.2 Å². The van der Waals surface area contributed by atoms with Crippen molar-refractivity contribution >= 4 is 11.8 Å². The van der Waals surface area contributed by atoms with Gasteiger partial charge in [-0.1, -0.05) is 30.0 Å². The van der Waals surface area contributed by atoms with Crippen molar-refractivity contribution < 1.29 is 9.52 Å². The summed E-state index contributed by atoms with van der Waals surface area (Å²) in [4.78, 5) is 0. The Bertz CT molecular complexity index is 496. The summed E-state index contributed by atoms with van der Waals surface area (Å²) >= 11 is 1.40. The number of thioether (sulfide) groups is 1. The summed E-state index contributed by atoms with van der Waals surface area (Å²) in [7, 11) is 0. The molecule has 2 aromatic rings. The van der Waals surface area contributed by atoms with E-state index in [0.29, 0.717) is 22.4 Å². The van der Waals surface area contributed by atoms with Gasteiger partial charge >= 0.3 is 0 Å². The van der Waals surface area contributed by atoms with Crippen LogP contribution in [0.5, 0.6) is 5.75 Å². The van der Waals surface area contributed by atoms with Gasteiger partial charge < -0.3 is 9.52 Å². The lowest BCUT2D eigenvalue weighted by atomic mass is 10.2. The Balaban J connectivity index is 2.25. The van der Waals surface area contributed by atoms with Crippen LogP contribution in [0.2, 0.25) is 0 Å². The van der Waals surface area contributed by atoms with Crippen LogP contribution in [0.15, 0.2) is 46.6 Å². The van der Waals surface area contributed by atoms with E-state index < -0.39 is 0 Å². The number of phenols is 1. The number of para-hydroxylation sites is 1. The summed E-state index contributed by atoms with van der Waals surface area (Å²) in [5.41, 5.74) is 0.542. The van der Waals surface area contributed by atoms with Crippen molar-refractivity contribution in [1.29, 1.82) is 0 Å². The maximum absolute atomic E-state index is 9.60. The number of rotatable bonds is 4. The third kappa shape index (κ3) is 2.25. The number of aromatic hydroxyl groups is 1. The standard InChI is InChI=1S/C11H10N2O2S/c1-2-7-16-11-13-12-10(15-11)8-5-3-4-6-9(8)14/h2-6,14H,1,7H2. The average Bonchev–Trinajstić information content (AvgIpc) is 2.75. The first-order valence-corrected chi connectivity index (χ1v) is 5.65. The average molecular weight is 234 g/mol. The predicted molar refractivity (Wildman–Crippen MR) is 62.3 cm³/mol. The molecule has 0 spiro atoms. The zero-order chi connectivity index (χ0) is 11.4. The Morgan fingerprint density at radius 1 is 1.38 bits per heavy atom. The summed E-state index contributed by atoms with van der Waals surface area (Å²) in [6.45, 7) is 3.60. The minimum Gasteiger partial charge on any atom is -0.507 e. The van der Waals surface area contributed by atoms with Gasteiger partial charge in [-0.15, -0.1) is 16.8 Å². The molecule has 1 heterocycles. The minimum atomic E-state index is 0.131. The molecule has 0 bridgehead atoms. The highest BCUT2D eigenvalue weighted by atomic mass is 32.2. The molecule has 0 aliphatic heterocycles. The van der Waals surface area contributed by atoms with Gasteiger partial charge in [-0.25, -0.2) is 0 Å². The number of hydrogen-bond donors (Lipinski definition) is 1. The smallest absolute Gasteiger partial charge is 0.277 e. The molecule has 0 aliphatic carbocycles. The fraction of sp³-hybridized carbons (Fsp3) is 0.0909. The molecule has 0 amide bonds. The third-order valence-corrected chi connectivity index (χ3v) is 2.68. The molecule has 0 unspecified atom stereocenters. The van der Waals surface area contributed by atoms with E-state index in [-0.39, 0.29) is 5.75 Å². The van der Waals surface area contributed by atoms with Crippen LogP contribution < -0.4 is 0 Å². The lowest BCUT2D eigenvalue weighted by Crippen LogP contribution is -1.78. The number of aromatic nitrogens is 2. The van der Waals surface area contributed by atoms with Gasteiger partial charge in [0, 0.05) is 5.75 Å². The first-order valence-electron chi connectivity index (χ1n) is 4.67. The lowest BCUT2D eigenvalue weighted by molar-refractivity contribution is 0.452. The van der Waals surface area contributed by atoms with Crippen LogP contribution in [0.4, 0.5) is 0 Å². The molecule has 1 aromatic carbocycles. The molecule has 0 fully saturated rings. The normalized spacial score (nSPS) is 10.2. The summed E-state index contributed by atoms with van der Waals surface area (Å²) in [5.74, 6) is 1.17. The van der Waals surface area contributed by atoms with Gasteiger partial charge in [0.2, 0.25) is 0 Å². The molecule has 0 saturated carbocycles. The Hall–Kier alpha value is -1.75. The first kappa shape index (κ1) is 10.8. The number of phenolic OH excluding ortho intramolecular Hbond substituents is 1. The van der Waals surface area contributed by atoms with Gasteiger partial charge in [0.15, 0.2) is 0 Å². The Morgan fingerprint density at radius 2 is 2.19 bits per heavy atom. The van der Waals surface area contributed by atoms with Gasteiger partial charge in [0.05, 0.1) is 5.56 Å². The molecular formula is C11H10N2O2S. The van der Waals surface area contributed by atoms with Crippen LogP contribution in [0.3, 0.4) is 0 Å². The molecular weight excluding hydrogens is 224 g/mol. The fourth-order valence-electron chi connectivity index (χ4n) is 1.16. The van der Waals surface area contributed by atoms with E-state index in [9.17, 15) is 5.11 Å². The van der Waals surface area contributed by atoms with Gasteiger partial charge in [-0.2, -0.15) is 0 Å². The second-order valence-corrected chi connectivity index (χ2v) is 3.96. The highest BCUT2D eigenvalue weighted by Gasteiger charge is 2.11. The minimum absolute atomic E-state index is 0.131. The summed E-state index contributed by atoms with van der Waals surface area (Å²) in [6.07, 6.45) is 1.76. The van der Waals surface area contributed by atoms with Crippen LogP contribution >= 0.6 is 11.8 Å². The van der Waals surface area contributed by atoms with Gasteiger partial charge in [-0.3, -0.25) is 0 Å². The molecule has 1 N–H and O–H groups in total. The number of benzene rings is 1. The van der Waals surface area contributed by atoms with E-state index >= 15 is 0 Å². The molecule has 0 saturated heterocycles. The molecule has 0 radical (unpaired) electrons. The predicted octanol–water partition coefficient (Wildman–Crippen LogP) is 2.72. The Labute approximate surface area is 97.0 Å². The maximum Gasteiger partial charge on any atom is 0.277 e. The quantitative estimate of drug-likeness (QED) is 0.651. The molecule has 4 nitrogen and oxygen atoms in total. The largest absolute Gasteiger partial charge is 0.507 e. The van der Waals surface area contributed by atoms with Crippen molar-refractivity contribution in [3.63, 3.8) is 0 Å². The van der Waals surface area contributed by atoms with E-state index in [1.54, 1.807) is 30.3 Å². The Morgan fingerprint density at radius 3 is 2.94 bits per heavy atom. The van der Waals surface area contributed by atoms with Crippen LogP contribution in [0.25, 0.3) is 11.5 Å². The van der Waals surface area contributed by atoms with E-state index in [1.165, 1.54) is 11.8 Å². The molecule has 2 rings (SSSR count). The van der Waals surface area contributed by atoms with E-state index in [2.05, 4.69) is 16.8 Å². The van der Waals surface area contributed by atoms with Crippen molar-refractivity contribution in [3.05, 3.63) is 36.9 Å². The molecule has 82 valence electrons. The Kier molecular flexibility index (Phi) is 3.26. The second-order valence-electron chi connectivity index (χ2n) is 2.99. The van der Waals surface area contributed by atoms with E-state index in [0.717, 1.165) is 0 Å². The van der Waals surface area contributed by atoms with Crippen LogP contribution in [-0.2, 0) is 0 Å². The van der Waals surface area contributed by atoms with Gasteiger partial charge in [0.25, 0.3) is 11.1 Å².